The van der Waals surface area contributed by atoms with Gasteiger partial charge < -0.3 is 58.2 Å². The lowest BCUT2D eigenvalue weighted by Crippen LogP contribution is -2.60. The van der Waals surface area contributed by atoms with Crippen LogP contribution in [-0.2, 0) is 42.7 Å². The highest BCUT2D eigenvalue weighted by Crippen LogP contribution is 2.35. The van der Waals surface area contributed by atoms with Crippen LogP contribution in [0.5, 0.6) is 0 Å². The van der Waals surface area contributed by atoms with E-state index < -0.39 is 118 Å². The number of primary amides is 1. The molecule has 0 aliphatic rings. The van der Waals surface area contributed by atoms with Crippen LogP contribution in [0.25, 0.3) is 0 Å². The molecular weight excluding hydrogens is 639 g/mol. The Bertz CT molecular complexity index is 1120. The lowest BCUT2D eigenvalue weighted by Gasteiger charge is -2.29. The second-order valence-corrected chi connectivity index (χ2v) is 11.8. The van der Waals surface area contributed by atoms with Crippen molar-refractivity contribution >= 4 is 49.3 Å². The molecule has 0 aliphatic heterocycles. The largest absolute Gasteiger partial charge is 0.481 e. The maximum atomic E-state index is 13.3. The fourth-order valence-corrected chi connectivity index (χ4v) is 4.05. The summed E-state index contributed by atoms with van der Waals surface area (Å²) in [5.41, 5.74) is 11.1. The number of aliphatic carboxylic acids is 2. The zero-order chi connectivity index (χ0) is 35.1. The van der Waals surface area contributed by atoms with Crippen LogP contribution >= 0.6 is 7.82 Å². The minimum absolute atomic E-state index is 0. The van der Waals surface area contributed by atoms with Crippen molar-refractivity contribution in [1.29, 1.82) is 0 Å². The normalized spacial score (nSPS) is 15.7. The Morgan fingerprint density at radius 3 is 1.67 bits per heavy atom. The third-order valence-corrected chi connectivity index (χ3v) is 7.45. The van der Waals surface area contributed by atoms with Crippen molar-refractivity contribution in [1.82, 2.24) is 21.3 Å². The lowest BCUT2D eigenvalue weighted by atomic mass is 9.95. The smallest absolute Gasteiger partial charge is 0.469 e. The number of hydrogen-bond donors (Lipinski definition) is 10. The van der Waals surface area contributed by atoms with Crippen LogP contribution in [-0.4, -0.2) is 104 Å². The number of carboxylic acid groups (broad SMARTS) is 2. The summed E-state index contributed by atoms with van der Waals surface area (Å²) < 4.78 is 15.8. The van der Waals surface area contributed by atoms with Gasteiger partial charge in [-0.1, -0.05) is 40.5 Å². The van der Waals surface area contributed by atoms with E-state index in [0.29, 0.717) is 12.8 Å². The number of hydrogen-bond acceptors (Lipinski definition) is 10. The number of carbonyl (C=O) groups is 7. The summed E-state index contributed by atoms with van der Waals surface area (Å²) in [6.45, 7) is 5.77. The summed E-state index contributed by atoms with van der Waals surface area (Å²) in [5.74, 6) is -8.61. The molecule has 0 unspecified atom stereocenters. The minimum Gasteiger partial charge on any atom is -0.481 e. The summed E-state index contributed by atoms with van der Waals surface area (Å²) in [4.78, 5) is 104. The zero-order valence-electron chi connectivity index (χ0n) is 26.1. The summed E-state index contributed by atoms with van der Waals surface area (Å²) in [6.07, 6.45) is -1.18. The number of phosphoric acid groups is 1. The highest BCUT2D eigenvalue weighted by Gasteiger charge is 2.35. The average molecular weight is 687 g/mol. The molecule has 14 N–H and O–H groups in total. The van der Waals surface area contributed by atoms with Gasteiger partial charge >= 0.3 is 19.8 Å². The predicted octanol–water partition coefficient (Wildman–Crippen LogP) is -3.16. The van der Waals surface area contributed by atoms with E-state index in [-0.39, 0.29) is 11.4 Å². The first kappa shape index (κ1) is 44.4. The highest BCUT2D eigenvalue weighted by molar-refractivity contribution is 7.46. The third kappa shape index (κ3) is 17.1. The van der Waals surface area contributed by atoms with Crippen LogP contribution in [0.15, 0.2) is 0 Å². The number of rotatable bonds is 22. The van der Waals surface area contributed by atoms with E-state index in [0.717, 1.165) is 0 Å². The Labute approximate surface area is 265 Å². The number of carboxylic acids is 2. The first-order valence-electron chi connectivity index (χ1n) is 14.1. The molecule has 0 bridgehead atoms. The van der Waals surface area contributed by atoms with E-state index in [1.54, 1.807) is 20.8 Å². The molecule has 0 radical (unpaired) electrons. The molecule has 21 heteroatoms. The topological polar surface area (TPSA) is 358 Å². The second kappa shape index (κ2) is 21.2. The molecule has 0 aromatic rings. The Morgan fingerprint density at radius 2 is 1.22 bits per heavy atom. The number of nitrogens with two attached hydrogens (primary N) is 2. The quantitative estimate of drug-likeness (QED) is 0.0503. The molecule has 0 saturated heterocycles. The van der Waals surface area contributed by atoms with Crippen LogP contribution in [0.1, 0.15) is 66.2 Å². The molecular formula is C25H47N6O14P. The summed E-state index contributed by atoms with van der Waals surface area (Å²) in [7, 11) is -5.20. The molecule has 266 valence electrons. The Balaban J connectivity index is 0. The molecule has 46 heavy (non-hydrogen) atoms. The van der Waals surface area contributed by atoms with Gasteiger partial charge in [0.1, 0.15) is 24.2 Å². The summed E-state index contributed by atoms with van der Waals surface area (Å²) in [5, 5.41) is 27.2. The SMILES string of the molecule is CC[C@H](C)[C@H](N)C(=O)N[C@H](C(=O)N[C@@H](COP(=O)(O)O)C(=O)N[C@@H](CCC(N)=O)C(=O)N[C@@H](CCC(=O)O)C(=O)O)[C@@H](C)CC.O. The van der Waals surface area contributed by atoms with Gasteiger partial charge in [0.15, 0.2) is 0 Å². The van der Waals surface area contributed by atoms with Crippen LogP contribution in [0.4, 0.5) is 0 Å². The van der Waals surface area contributed by atoms with Gasteiger partial charge in [0.05, 0.1) is 12.6 Å². The van der Waals surface area contributed by atoms with E-state index in [1.165, 1.54) is 0 Å². The maximum absolute atomic E-state index is 13.3. The van der Waals surface area contributed by atoms with Gasteiger partial charge in [-0.15, -0.1) is 0 Å². The van der Waals surface area contributed by atoms with E-state index in [4.69, 9.17) is 16.6 Å². The van der Waals surface area contributed by atoms with Crippen molar-refractivity contribution < 1.29 is 68.1 Å². The van der Waals surface area contributed by atoms with Crippen LogP contribution in [0.2, 0.25) is 0 Å². The number of carbonyl (C=O) groups excluding carboxylic acids is 5. The molecule has 20 nitrogen and oxygen atoms in total. The highest BCUT2D eigenvalue weighted by atomic mass is 31.2. The van der Waals surface area contributed by atoms with E-state index in [2.05, 4.69) is 25.8 Å². The number of phosphoric ester groups is 1. The molecule has 5 amide bonds. The molecule has 0 saturated carbocycles. The minimum atomic E-state index is -5.20. The first-order valence-corrected chi connectivity index (χ1v) is 15.7. The molecule has 0 fully saturated rings. The fraction of sp³-hybridized carbons (Fsp3) is 0.720. The third-order valence-electron chi connectivity index (χ3n) is 6.97. The maximum Gasteiger partial charge on any atom is 0.469 e. The van der Waals surface area contributed by atoms with Gasteiger partial charge in [0.2, 0.25) is 29.5 Å². The molecule has 0 aliphatic carbocycles. The molecule has 0 aromatic carbocycles. The predicted molar refractivity (Wildman–Crippen MR) is 159 cm³/mol. The monoisotopic (exact) mass is 686 g/mol. The van der Waals surface area contributed by atoms with Crippen LogP contribution in [0.3, 0.4) is 0 Å². The van der Waals surface area contributed by atoms with Crippen molar-refractivity contribution in [2.75, 3.05) is 6.61 Å². The molecule has 0 aromatic heterocycles. The fourth-order valence-electron chi connectivity index (χ4n) is 3.71. The zero-order valence-corrected chi connectivity index (χ0v) is 27.0. The van der Waals surface area contributed by atoms with Gasteiger partial charge in [-0.3, -0.25) is 33.3 Å². The van der Waals surface area contributed by atoms with Crippen molar-refractivity contribution in [2.24, 2.45) is 23.3 Å². The first-order chi connectivity index (χ1) is 20.7. The standard InChI is InChI=1S/C25H45N6O13P.H2O/c1-5-12(3)19(27)23(37)31-20(13(4)6-2)24(38)30-16(11-44-45(41,42)43)22(36)28-14(7-9-17(26)32)21(35)29-15(25(39)40)8-10-18(33)34;/h12-16,19-20H,5-11,27H2,1-4H3,(H2,26,32)(H,28,36)(H,29,35)(H,30,38)(H,31,37)(H,33,34)(H,39,40)(H2,41,42,43);1H2/t12-,13-,14-,15-,16-,19-,20-;/m0./s1. The van der Waals surface area contributed by atoms with Crippen LogP contribution in [0, 0.1) is 11.8 Å². The van der Waals surface area contributed by atoms with Gasteiger partial charge in [-0.05, 0) is 24.7 Å². The van der Waals surface area contributed by atoms with Gasteiger partial charge in [-0.25, -0.2) is 9.36 Å². The Morgan fingerprint density at radius 1 is 0.739 bits per heavy atom. The van der Waals surface area contributed by atoms with E-state index >= 15 is 0 Å². The van der Waals surface area contributed by atoms with Gasteiger partial charge in [0, 0.05) is 12.8 Å². The Hall–Kier alpha value is -3.68. The second-order valence-electron chi connectivity index (χ2n) is 10.5. The lowest BCUT2D eigenvalue weighted by molar-refractivity contribution is -0.143. The summed E-state index contributed by atoms with van der Waals surface area (Å²) >= 11 is 0. The van der Waals surface area contributed by atoms with E-state index in [1.807, 2.05) is 6.92 Å². The average Bonchev–Trinajstić information content (AvgIpc) is 2.95. The van der Waals surface area contributed by atoms with Gasteiger partial charge in [-0.2, -0.15) is 0 Å². The number of nitrogens with one attached hydrogen (secondary N) is 4. The van der Waals surface area contributed by atoms with Crippen molar-refractivity contribution in [3.63, 3.8) is 0 Å². The molecule has 0 heterocycles. The molecule has 7 atom stereocenters. The van der Waals surface area contributed by atoms with E-state index in [9.17, 15) is 53.0 Å². The van der Waals surface area contributed by atoms with Crippen molar-refractivity contribution in [2.45, 2.75) is 96.4 Å². The molecule has 0 spiro atoms. The van der Waals surface area contributed by atoms with Crippen molar-refractivity contribution in [3.05, 3.63) is 0 Å². The van der Waals surface area contributed by atoms with Crippen molar-refractivity contribution in [3.8, 4) is 0 Å². The summed E-state index contributed by atoms with van der Waals surface area (Å²) in [6, 6.07) is -7.49. The molecule has 0 rings (SSSR count). The Kier molecular flexibility index (Phi) is 20.5. The number of amides is 5. The van der Waals surface area contributed by atoms with Gasteiger partial charge in [0.25, 0.3) is 0 Å². The van der Waals surface area contributed by atoms with Crippen LogP contribution < -0.4 is 32.7 Å².